The summed E-state index contributed by atoms with van der Waals surface area (Å²) in [6, 6.07) is 0. The van der Waals surface area contributed by atoms with Crippen LogP contribution >= 0.6 is 0 Å². The topological polar surface area (TPSA) is 46.5 Å². The van der Waals surface area contributed by atoms with E-state index in [-0.39, 0.29) is 18.0 Å². The minimum absolute atomic E-state index is 0.0916. The van der Waals surface area contributed by atoms with Crippen LogP contribution in [0, 0.1) is 17.3 Å². The Hall–Kier alpha value is -0.570. The van der Waals surface area contributed by atoms with Gasteiger partial charge in [0.15, 0.2) is 0 Å². The maximum absolute atomic E-state index is 12.6. The van der Waals surface area contributed by atoms with Crippen molar-refractivity contribution >= 4 is 5.97 Å². The third kappa shape index (κ3) is 7.21. The molecule has 2 rings (SSSR count). The van der Waals surface area contributed by atoms with Crippen LogP contribution in [0.5, 0.6) is 0 Å². The first-order chi connectivity index (χ1) is 12.6. The number of rotatable bonds is 10. The second kappa shape index (κ2) is 11.3. The lowest BCUT2D eigenvalue weighted by Gasteiger charge is -2.37. The van der Waals surface area contributed by atoms with E-state index in [4.69, 9.17) is 9.84 Å². The first kappa shape index (κ1) is 21.7. The number of unbranched alkanes of at least 4 members (excludes halogenated alkanes) is 3. The van der Waals surface area contributed by atoms with E-state index in [0.29, 0.717) is 12.0 Å². The summed E-state index contributed by atoms with van der Waals surface area (Å²) in [7, 11) is 0. The fourth-order valence-electron chi connectivity index (χ4n) is 5.02. The molecule has 26 heavy (non-hydrogen) atoms. The molecule has 0 aromatic carbocycles. The quantitative estimate of drug-likeness (QED) is 0.379. The highest BCUT2D eigenvalue weighted by Gasteiger charge is 2.35. The average Bonchev–Trinajstić information content (AvgIpc) is 2.64. The van der Waals surface area contributed by atoms with Gasteiger partial charge in [-0.1, -0.05) is 46.0 Å². The van der Waals surface area contributed by atoms with Crippen molar-refractivity contribution in [2.45, 2.75) is 116 Å². The van der Waals surface area contributed by atoms with Crippen molar-refractivity contribution in [3.8, 4) is 0 Å². The fraction of sp³-hybridized carbons (Fsp3) is 0.957. The van der Waals surface area contributed by atoms with Crippen LogP contribution in [-0.2, 0) is 9.53 Å². The SMILES string of the molecule is CCC[C@H]1CC[C@H](OC(=O)[C@H]2CC[C@@](C)(CCCCCCO)CC2)CC1. The molecule has 3 nitrogen and oxygen atoms in total. The molecule has 0 spiro atoms. The molecule has 2 fully saturated rings. The molecule has 2 aliphatic rings. The van der Waals surface area contributed by atoms with E-state index < -0.39 is 0 Å². The maximum atomic E-state index is 12.6. The smallest absolute Gasteiger partial charge is 0.309 e. The molecule has 0 heterocycles. The molecule has 0 aromatic rings. The van der Waals surface area contributed by atoms with E-state index in [1.807, 2.05) is 0 Å². The summed E-state index contributed by atoms with van der Waals surface area (Å²) in [5.41, 5.74) is 0.411. The zero-order chi connectivity index (χ0) is 18.8. The number of hydrogen-bond acceptors (Lipinski definition) is 3. The van der Waals surface area contributed by atoms with Gasteiger partial charge in [0, 0.05) is 6.61 Å². The summed E-state index contributed by atoms with van der Waals surface area (Å²) < 4.78 is 5.89. The zero-order valence-corrected chi connectivity index (χ0v) is 17.3. The molecule has 0 aliphatic heterocycles. The van der Waals surface area contributed by atoms with Gasteiger partial charge in [-0.15, -0.1) is 0 Å². The third-order valence-electron chi connectivity index (χ3n) is 6.99. The molecular weight excluding hydrogens is 324 g/mol. The normalized spacial score (nSPS) is 32.3. The van der Waals surface area contributed by atoms with E-state index >= 15 is 0 Å². The lowest BCUT2D eigenvalue weighted by molar-refractivity contribution is -0.158. The van der Waals surface area contributed by atoms with Gasteiger partial charge in [0.1, 0.15) is 6.10 Å². The van der Waals surface area contributed by atoms with Crippen molar-refractivity contribution in [2.24, 2.45) is 17.3 Å². The molecule has 0 bridgehead atoms. The molecule has 3 heteroatoms. The molecule has 0 amide bonds. The predicted octanol–water partition coefficient (Wildman–Crippen LogP) is 6.03. The Balaban J connectivity index is 1.63. The van der Waals surface area contributed by atoms with Crippen molar-refractivity contribution in [1.82, 2.24) is 0 Å². The van der Waals surface area contributed by atoms with Gasteiger partial charge in [-0.05, 0) is 75.5 Å². The van der Waals surface area contributed by atoms with E-state index in [9.17, 15) is 4.79 Å². The Morgan fingerprint density at radius 2 is 1.65 bits per heavy atom. The van der Waals surface area contributed by atoms with Crippen LogP contribution in [0.1, 0.15) is 110 Å². The van der Waals surface area contributed by atoms with Gasteiger partial charge in [0.05, 0.1) is 5.92 Å². The van der Waals surface area contributed by atoms with Crippen LogP contribution in [0.15, 0.2) is 0 Å². The average molecular weight is 367 g/mol. The molecular formula is C23H42O3. The Kier molecular flexibility index (Phi) is 9.45. The van der Waals surface area contributed by atoms with Crippen LogP contribution in [0.25, 0.3) is 0 Å². The van der Waals surface area contributed by atoms with Crippen LogP contribution in [0.3, 0.4) is 0 Å². The molecule has 0 aromatic heterocycles. The second-order valence-electron chi connectivity index (χ2n) is 9.34. The lowest BCUT2D eigenvalue weighted by atomic mass is 9.69. The van der Waals surface area contributed by atoms with Crippen molar-refractivity contribution in [3.63, 3.8) is 0 Å². The summed E-state index contributed by atoms with van der Waals surface area (Å²) in [4.78, 5) is 12.6. The van der Waals surface area contributed by atoms with Gasteiger partial charge in [0.2, 0.25) is 0 Å². The van der Waals surface area contributed by atoms with Gasteiger partial charge in [-0.25, -0.2) is 0 Å². The number of hydrogen-bond donors (Lipinski definition) is 1. The van der Waals surface area contributed by atoms with Gasteiger partial charge in [0.25, 0.3) is 0 Å². The van der Waals surface area contributed by atoms with E-state index in [0.717, 1.165) is 57.3 Å². The zero-order valence-electron chi connectivity index (χ0n) is 17.3. The van der Waals surface area contributed by atoms with E-state index in [2.05, 4.69) is 13.8 Å². The molecule has 0 unspecified atom stereocenters. The predicted molar refractivity (Wildman–Crippen MR) is 107 cm³/mol. The molecule has 0 atom stereocenters. The number of esters is 1. The molecule has 2 aliphatic carbocycles. The molecule has 0 saturated heterocycles. The molecule has 1 N–H and O–H groups in total. The van der Waals surface area contributed by atoms with Crippen LogP contribution in [-0.4, -0.2) is 23.8 Å². The third-order valence-corrected chi connectivity index (χ3v) is 6.99. The highest BCUT2D eigenvalue weighted by molar-refractivity contribution is 5.72. The summed E-state index contributed by atoms with van der Waals surface area (Å²) >= 11 is 0. The van der Waals surface area contributed by atoms with E-state index in [1.54, 1.807) is 0 Å². The Bertz CT molecular complexity index is 390. The largest absolute Gasteiger partial charge is 0.462 e. The number of ether oxygens (including phenoxy) is 1. The Morgan fingerprint density at radius 1 is 1.00 bits per heavy atom. The lowest BCUT2D eigenvalue weighted by Crippen LogP contribution is -2.32. The first-order valence-corrected chi connectivity index (χ1v) is 11.4. The highest BCUT2D eigenvalue weighted by atomic mass is 16.5. The van der Waals surface area contributed by atoms with Crippen molar-refractivity contribution in [2.75, 3.05) is 6.61 Å². The molecule has 2 saturated carbocycles. The first-order valence-electron chi connectivity index (χ1n) is 11.4. The van der Waals surface area contributed by atoms with Gasteiger partial charge in [-0.2, -0.15) is 0 Å². The van der Waals surface area contributed by atoms with Crippen LogP contribution in [0.4, 0.5) is 0 Å². The fourth-order valence-corrected chi connectivity index (χ4v) is 5.02. The summed E-state index contributed by atoms with van der Waals surface area (Å²) in [5, 5.41) is 8.86. The van der Waals surface area contributed by atoms with Crippen molar-refractivity contribution in [1.29, 1.82) is 0 Å². The van der Waals surface area contributed by atoms with Gasteiger partial charge < -0.3 is 9.84 Å². The maximum Gasteiger partial charge on any atom is 0.309 e. The number of carbonyl (C=O) groups excluding carboxylic acids is 1. The van der Waals surface area contributed by atoms with Gasteiger partial charge >= 0.3 is 5.97 Å². The van der Waals surface area contributed by atoms with Crippen LogP contribution in [0.2, 0.25) is 0 Å². The standard InChI is InChI=1S/C23H42O3/c1-3-8-19-9-11-21(12-10-19)26-22(25)20-13-16-23(2,17-14-20)15-6-4-5-7-18-24/h19-21,24H,3-18H2,1-2H3/t19-,20-,21-,23+. The monoisotopic (exact) mass is 366 g/mol. The molecule has 0 radical (unpaired) electrons. The Labute approximate surface area is 161 Å². The number of carbonyl (C=O) groups is 1. The summed E-state index contributed by atoms with van der Waals surface area (Å²) in [6.45, 7) is 4.98. The minimum Gasteiger partial charge on any atom is -0.462 e. The van der Waals surface area contributed by atoms with Gasteiger partial charge in [-0.3, -0.25) is 4.79 Å². The second-order valence-corrected chi connectivity index (χ2v) is 9.34. The highest BCUT2D eigenvalue weighted by Crippen LogP contribution is 2.43. The summed E-state index contributed by atoms with van der Waals surface area (Å²) in [5.74, 6) is 1.10. The van der Waals surface area contributed by atoms with E-state index in [1.165, 1.54) is 44.9 Å². The number of aliphatic hydroxyl groups excluding tert-OH is 1. The Morgan fingerprint density at radius 3 is 2.27 bits per heavy atom. The summed E-state index contributed by atoms with van der Waals surface area (Å²) in [6.07, 6.45) is 17.6. The number of aliphatic hydroxyl groups is 1. The van der Waals surface area contributed by atoms with Crippen molar-refractivity contribution < 1.29 is 14.6 Å². The van der Waals surface area contributed by atoms with Crippen molar-refractivity contribution in [3.05, 3.63) is 0 Å². The minimum atomic E-state index is 0.0916. The van der Waals surface area contributed by atoms with Crippen LogP contribution < -0.4 is 0 Å². The molecule has 152 valence electrons.